The predicted octanol–water partition coefficient (Wildman–Crippen LogP) is 2.60. The highest BCUT2D eigenvalue weighted by atomic mass is 19.1. The molecule has 3 aromatic rings. The predicted molar refractivity (Wildman–Crippen MR) is 124 cm³/mol. The molecule has 1 aromatic carbocycles. The lowest BCUT2D eigenvalue weighted by Gasteiger charge is -2.26. The highest BCUT2D eigenvalue weighted by molar-refractivity contribution is 5.97. The third-order valence-corrected chi connectivity index (χ3v) is 6.29. The molecular weight excluding hydrogens is 421 g/mol. The Balaban J connectivity index is 1.41. The van der Waals surface area contributed by atoms with Gasteiger partial charge >= 0.3 is 0 Å². The number of carbonyl (C=O) groups excluding carboxylic acids is 1. The Kier molecular flexibility index (Phi) is 5.36. The number of hydrogen-bond donors (Lipinski definition) is 3. The zero-order chi connectivity index (χ0) is 23.2. The minimum Gasteiger partial charge on any atom is -0.382 e. The Hall–Kier alpha value is -3.33. The third kappa shape index (κ3) is 4.32. The zero-order valence-corrected chi connectivity index (χ0v) is 18.8. The molecular formula is C24H28FN7O. The highest BCUT2D eigenvalue weighted by Gasteiger charge is 2.31. The summed E-state index contributed by atoms with van der Waals surface area (Å²) >= 11 is 0. The van der Waals surface area contributed by atoms with Crippen molar-refractivity contribution in [2.45, 2.75) is 45.4 Å². The number of nitrogens with zero attached hydrogens (tertiary/aromatic N) is 4. The van der Waals surface area contributed by atoms with E-state index in [2.05, 4.69) is 50.3 Å². The second-order valence-electron chi connectivity index (χ2n) is 9.74. The SMILES string of the molecule is CC1(C)Cc2c(-c3cccc(-c4cnc(N)c(C(=O)N[C@@H]5CNC[C@@H](F)C5)n4)c3)cnn2C1. The van der Waals surface area contributed by atoms with Crippen molar-refractivity contribution >= 4 is 11.7 Å². The van der Waals surface area contributed by atoms with Gasteiger partial charge < -0.3 is 16.4 Å². The Labute approximate surface area is 191 Å². The van der Waals surface area contributed by atoms with E-state index in [-0.39, 0.29) is 29.4 Å². The van der Waals surface area contributed by atoms with E-state index < -0.39 is 12.1 Å². The Morgan fingerprint density at radius 3 is 2.91 bits per heavy atom. The summed E-state index contributed by atoms with van der Waals surface area (Å²) in [7, 11) is 0. The van der Waals surface area contributed by atoms with E-state index in [4.69, 9.17) is 5.73 Å². The van der Waals surface area contributed by atoms with Crippen LogP contribution in [0, 0.1) is 5.41 Å². The number of carbonyl (C=O) groups is 1. The molecule has 2 aliphatic heterocycles. The fourth-order valence-corrected chi connectivity index (χ4v) is 4.69. The van der Waals surface area contributed by atoms with Crippen molar-refractivity contribution in [3.05, 3.63) is 48.0 Å². The summed E-state index contributed by atoms with van der Waals surface area (Å²) in [6.07, 6.45) is 3.72. The van der Waals surface area contributed by atoms with E-state index in [0.29, 0.717) is 18.8 Å². The van der Waals surface area contributed by atoms with Gasteiger partial charge in [0, 0.05) is 48.9 Å². The summed E-state index contributed by atoms with van der Waals surface area (Å²) in [6.45, 7) is 6.21. The van der Waals surface area contributed by atoms with Gasteiger partial charge in [-0.25, -0.2) is 14.4 Å². The van der Waals surface area contributed by atoms with Crippen LogP contribution in [0.15, 0.2) is 36.7 Å². The number of nitrogen functional groups attached to an aromatic ring is 1. The maximum Gasteiger partial charge on any atom is 0.274 e. The van der Waals surface area contributed by atoms with Crippen LogP contribution < -0.4 is 16.4 Å². The van der Waals surface area contributed by atoms with Crippen LogP contribution in [0.1, 0.15) is 36.5 Å². The van der Waals surface area contributed by atoms with E-state index in [1.165, 1.54) is 5.69 Å². The van der Waals surface area contributed by atoms with Crippen LogP contribution >= 0.6 is 0 Å². The normalized spacial score (nSPS) is 21.5. The largest absolute Gasteiger partial charge is 0.382 e. The van der Waals surface area contributed by atoms with E-state index in [9.17, 15) is 9.18 Å². The van der Waals surface area contributed by atoms with Gasteiger partial charge in [0.25, 0.3) is 5.91 Å². The first kappa shape index (κ1) is 21.5. The first-order chi connectivity index (χ1) is 15.8. The lowest BCUT2D eigenvalue weighted by Crippen LogP contribution is -2.49. The zero-order valence-electron chi connectivity index (χ0n) is 18.8. The second kappa shape index (κ2) is 8.22. The van der Waals surface area contributed by atoms with Gasteiger partial charge in [-0.3, -0.25) is 9.48 Å². The molecule has 4 N–H and O–H groups in total. The number of fused-ring (bicyclic) bond motifs is 1. The van der Waals surface area contributed by atoms with Crippen molar-refractivity contribution in [3.8, 4) is 22.4 Å². The van der Waals surface area contributed by atoms with Crippen LogP contribution in [0.5, 0.6) is 0 Å². The molecule has 1 amide bonds. The Morgan fingerprint density at radius 1 is 1.27 bits per heavy atom. The van der Waals surface area contributed by atoms with Crippen molar-refractivity contribution in [2.75, 3.05) is 18.8 Å². The average Bonchev–Trinajstić information content (AvgIpc) is 3.29. The minimum absolute atomic E-state index is 0.0460. The van der Waals surface area contributed by atoms with Gasteiger partial charge in [-0.15, -0.1) is 0 Å². The molecule has 0 unspecified atom stereocenters. The van der Waals surface area contributed by atoms with Crippen molar-refractivity contribution in [1.29, 1.82) is 0 Å². The first-order valence-corrected chi connectivity index (χ1v) is 11.2. The number of anilines is 1. The summed E-state index contributed by atoms with van der Waals surface area (Å²) in [4.78, 5) is 21.5. The van der Waals surface area contributed by atoms with Gasteiger partial charge in [-0.2, -0.15) is 5.10 Å². The van der Waals surface area contributed by atoms with Gasteiger partial charge in [0.05, 0.1) is 18.1 Å². The monoisotopic (exact) mass is 449 g/mol. The Morgan fingerprint density at radius 2 is 2.09 bits per heavy atom. The molecule has 0 spiro atoms. The van der Waals surface area contributed by atoms with Gasteiger partial charge in [0.15, 0.2) is 11.5 Å². The van der Waals surface area contributed by atoms with Gasteiger partial charge in [0.2, 0.25) is 0 Å². The Bertz CT molecular complexity index is 1210. The minimum atomic E-state index is -0.989. The topological polar surface area (TPSA) is 111 Å². The summed E-state index contributed by atoms with van der Waals surface area (Å²) in [5, 5.41) is 10.4. The molecule has 9 heteroatoms. The number of halogens is 1. The maximum absolute atomic E-state index is 13.7. The number of alkyl halides is 1. The molecule has 0 aliphatic carbocycles. The number of rotatable bonds is 4. The number of amides is 1. The molecule has 4 heterocycles. The molecule has 0 radical (unpaired) electrons. The summed E-state index contributed by atoms with van der Waals surface area (Å²) in [5.41, 5.74) is 10.9. The first-order valence-electron chi connectivity index (χ1n) is 11.2. The van der Waals surface area contributed by atoms with Crippen LogP contribution in [-0.2, 0) is 13.0 Å². The van der Waals surface area contributed by atoms with Crippen molar-refractivity contribution in [3.63, 3.8) is 0 Å². The molecule has 1 fully saturated rings. The van der Waals surface area contributed by atoms with Crippen LogP contribution in [-0.4, -0.2) is 51.0 Å². The van der Waals surface area contributed by atoms with Crippen molar-refractivity contribution < 1.29 is 9.18 Å². The number of piperidine rings is 1. The lowest BCUT2D eigenvalue weighted by atomic mass is 9.89. The number of nitrogens with two attached hydrogens (primary N) is 1. The van der Waals surface area contributed by atoms with Gasteiger partial charge in [0.1, 0.15) is 6.17 Å². The van der Waals surface area contributed by atoms with Crippen LogP contribution in [0.4, 0.5) is 10.2 Å². The average molecular weight is 450 g/mol. The van der Waals surface area contributed by atoms with E-state index >= 15 is 0 Å². The fraction of sp³-hybridized carbons (Fsp3) is 0.417. The molecule has 2 atom stereocenters. The standard InChI is InChI=1S/C24H28FN7O/c1-24(2)8-20-18(11-29-32(20)13-24)14-4-3-5-15(6-14)19-12-28-22(26)21(31-19)23(33)30-17-7-16(25)9-27-10-17/h3-6,11-12,16-17,27H,7-10,13H2,1-2H3,(H2,26,28)(H,30,33)/t16-,17-/m0/s1. The van der Waals surface area contributed by atoms with Crippen molar-refractivity contribution in [1.82, 2.24) is 30.4 Å². The van der Waals surface area contributed by atoms with E-state index in [1.807, 2.05) is 24.4 Å². The summed E-state index contributed by atoms with van der Waals surface area (Å²) in [5.74, 6) is -0.403. The molecule has 0 saturated carbocycles. The summed E-state index contributed by atoms with van der Waals surface area (Å²) < 4.78 is 15.7. The second-order valence-corrected chi connectivity index (χ2v) is 9.74. The van der Waals surface area contributed by atoms with Gasteiger partial charge in [-0.1, -0.05) is 32.0 Å². The van der Waals surface area contributed by atoms with E-state index in [1.54, 1.807) is 6.20 Å². The molecule has 8 nitrogen and oxygen atoms in total. The molecule has 1 saturated heterocycles. The maximum atomic E-state index is 13.7. The molecule has 33 heavy (non-hydrogen) atoms. The lowest BCUT2D eigenvalue weighted by molar-refractivity contribution is 0.0914. The number of hydrogen-bond acceptors (Lipinski definition) is 6. The fourth-order valence-electron chi connectivity index (χ4n) is 4.69. The summed E-state index contributed by atoms with van der Waals surface area (Å²) in [6, 6.07) is 7.65. The highest BCUT2D eigenvalue weighted by Crippen LogP contribution is 2.37. The van der Waals surface area contributed by atoms with E-state index in [0.717, 1.165) is 29.7 Å². The smallest absolute Gasteiger partial charge is 0.274 e. The van der Waals surface area contributed by atoms with Crippen molar-refractivity contribution in [2.24, 2.45) is 5.41 Å². The third-order valence-electron chi connectivity index (χ3n) is 6.29. The quantitative estimate of drug-likeness (QED) is 0.565. The number of aromatic nitrogens is 4. The molecule has 5 rings (SSSR count). The van der Waals surface area contributed by atoms with Crippen LogP contribution in [0.25, 0.3) is 22.4 Å². The van der Waals surface area contributed by atoms with Gasteiger partial charge in [-0.05, 0) is 23.5 Å². The molecule has 2 aliphatic rings. The van der Waals surface area contributed by atoms with Crippen LogP contribution in [0.3, 0.4) is 0 Å². The molecule has 0 bridgehead atoms. The number of benzene rings is 1. The molecule has 2 aromatic heterocycles. The van der Waals surface area contributed by atoms with Crippen LogP contribution in [0.2, 0.25) is 0 Å². The number of nitrogens with one attached hydrogen (secondary N) is 2. The molecule has 172 valence electrons.